The number of hydrogen-bond donors (Lipinski definition) is 6. The van der Waals surface area contributed by atoms with Crippen molar-refractivity contribution in [3.8, 4) is 5.75 Å². The molecular formula is C36H46ClN5O7. The van der Waals surface area contributed by atoms with Crippen LogP contribution in [-0.4, -0.2) is 65.4 Å². The lowest BCUT2D eigenvalue weighted by Gasteiger charge is -2.24. The van der Waals surface area contributed by atoms with Crippen LogP contribution in [0.1, 0.15) is 43.9 Å². The molecule has 49 heavy (non-hydrogen) atoms. The summed E-state index contributed by atoms with van der Waals surface area (Å²) >= 11 is 0. The Morgan fingerprint density at radius 2 is 1.27 bits per heavy atom. The third-order valence-corrected chi connectivity index (χ3v) is 7.37. The van der Waals surface area contributed by atoms with Crippen LogP contribution in [0.15, 0.2) is 84.9 Å². The van der Waals surface area contributed by atoms with Crippen molar-refractivity contribution >= 4 is 42.0 Å². The van der Waals surface area contributed by atoms with Gasteiger partial charge in [-0.15, -0.1) is 12.4 Å². The minimum atomic E-state index is -1.07. The average molecular weight is 696 g/mol. The van der Waals surface area contributed by atoms with E-state index in [1.54, 1.807) is 24.3 Å². The third-order valence-electron chi connectivity index (χ3n) is 7.37. The van der Waals surface area contributed by atoms with Crippen LogP contribution in [-0.2, 0) is 48.2 Å². The van der Waals surface area contributed by atoms with Crippen LogP contribution in [0, 0.1) is 5.92 Å². The number of amides is 4. The van der Waals surface area contributed by atoms with Crippen molar-refractivity contribution in [2.45, 2.75) is 70.8 Å². The number of carbonyl (C=O) groups excluding carboxylic acids is 5. The molecule has 0 spiro atoms. The number of halogens is 1. The molecule has 4 amide bonds. The Hall–Kier alpha value is -4.94. The first-order valence-electron chi connectivity index (χ1n) is 15.9. The second-order valence-corrected chi connectivity index (χ2v) is 12.0. The standard InChI is InChI=1S/C36H45N5O7.ClH/c1-23(2)18-31(36(47)48-22-27-12-8-5-9-13-27)41-35(46)30(20-25-10-6-4-7-11-25)40-32(43)21-38-33(44)24(3)39-34(45)29(37)19-26-14-16-28(42)17-15-26;/h4-17,23-24,29-31,42H,18-22,37H2,1-3H3,(H,38,44)(H,39,45)(H,40,43)(H,41,46);1H. The zero-order valence-corrected chi connectivity index (χ0v) is 28.7. The lowest BCUT2D eigenvalue weighted by Crippen LogP contribution is -2.55. The van der Waals surface area contributed by atoms with Crippen LogP contribution in [0.5, 0.6) is 5.75 Å². The van der Waals surface area contributed by atoms with E-state index < -0.39 is 60.3 Å². The molecule has 3 aromatic rings. The minimum absolute atomic E-state index is 0. The molecule has 3 rings (SSSR count). The summed E-state index contributed by atoms with van der Waals surface area (Å²) in [6, 6.07) is 20.6. The second-order valence-electron chi connectivity index (χ2n) is 12.0. The van der Waals surface area contributed by atoms with Crippen molar-refractivity contribution in [2.24, 2.45) is 11.7 Å². The Kier molecular flexibility index (Phi) is 16.8. The summed E-state index contributed by atoms with van der Waals surface area (Å²) in [7, 11) is 0. The van der Waals surface area contributed by atoms with Gasteiger partial charge in [0.2, 0.25) is 23.6 Å². The van der Waals surface area contributed by atoms with E-state index in [1.807, 2.05) is 62.4 Å². The molecule has 0 aromatic heterocycles. The number of esters is 1. The van der Waals surface area contributed by atoms with Crippen LogP contribution in [0.4, 0.5) is 0 Å². The Labute approximate surface area is 293 Å². The highest BCUT2D eigenvalue weighted by Gasteiger charge is 2.29. The fourth-order valence-electron chi connectivity index (χ4n) is 4.78. The Balaban J connectivity index is 0.00000833. The summed E-state index contributed by atoms with van der Waals surface area (Å²) < 4.78 is 5.50. The van der Waals surface area contributed by atoms with Gasteiger partial charge < -0.3 is 36.8 Å². The van der Waals surface area contributed by atoms with E-state index in [0.29, 0.717) is 6.42 Å². The number of nitrogens with one attached hydrogen (secondary N) is 4. The highest BCUT2D eigenvalue weighted by Crippen LogP contribution is 2.12. The summed E-state index contributed by atoms with van der Waals surface area (Å²) in [5, 5.41) is 19.8. The highest BCUT2D eigenvalue weighted by atomic mass is 35.5. The predicted octanol–water partition coefficient (Wildman–Crippen LogP) is 2.31. The lowest BCUT2D eigenvalue weighted by atomic mass is 10.0. The van der Waals surface area contributed by atoms with Crippen molar-refractivity contribution in [1.82, 2.24) is 21.3 Å². The van der Waals surface area contributed by atoms with Gasteiger partial charge in [0.1, 0.15) is 30.5 Å². The first kappa shape index (κ1) is 40.2. The molecule has 0 radical (unpaired) electrons. The van der Waals surface area contributed by atoms with Crippen LogP contribution in [0.25, 0.3) is 0 Å². The summed E-state index contributed by atoms with van der Waals surface area (Å²) in [6.45, 7) is 4.88. The van der Waals surface area contributed by atoms with Crippen LogP contribution < -0.4 is 27.0 Å². The first-order chi connectivity index (χ1) is 22.9. The molecule has 4 atom stereocenters. The van der Waals surface area contributed by atoms with E-state index in [9.17, 15) is 29.1 Å². The molecule has 0 aliphatic heterocycles. The van der Waals surface area contributed by atoms with Gasteiger partial charge in [0.25, 0.3) is 0 Å². The summed E-state index contributed by atoms with van der Waals surface area (Å²) in [5.41, 5.74) is 8.30. The maximum absolute atomic E-state index is 13.5. The number of phenolic OH excluding ortho intramolecular Hbond substituents is 1. The molecule has 7 N–H and O–H groups in total. The van der Waals surface area contributed by atoms with Gasteiger partial charge in [0, 0.05) is 6.42 Å². The van der Waals surface area contributed by atoms with Gasteiger partial charge in [-0.2, -0.15) is 0 Å². The number of nitrogens with two attached hydrogens (primary N) is 1. The monoisotopic (exact) mass is 695 g/mol. The molecule has 0 saturated carbocycles. The van der Waals surface area contributed by atoms with E-state index >= 15 is 0 Å². The molecular weight excluding hydrogens is 650 g/mol. The average Bonchev–Trinajstić information content (AvgIpc) is 3.07. The van der Waals surface area contributed by atoms with Gasteiger partial charge >= 0.3 is 5.97 Å². The maximum Gasteiger partial charge on any atom is 0.328 e. The number of carbonyl (C=O) groups is 5. The summed E-state index contributed by atoms with van der Waals surface area (Å²) in [5.74, 6) is -2.85. The minimum Gasteiger partial charge on any atom is -0.508 e. The number of hydrogen-bond acceptors (Lipinski definition) is 8. The molecule has 264 valence electrons. The Morgan fingerprint density at radius 3 is 1.86 bits per heavy atom. The number of rotatable bonds is 17. The van der Waals surface area contributed by atoms with E-state index in [4.69, 9.17) is 10.5 Å². The van der Waals surface area contributed by atoms with Crippen molar-refractivity contribution in [2.75, 3.05) is 6.54 Å². The molecule has 4 unspecified atom stereocenters. The number of ether oxygens (including phenoxy) is 1. The number of phenols is 1. The number of benzene rings is 3. The molecule has 3 aromatic carbocycles. The van der Waals surface area contributed by atoms with Gasteiger partial charge in [-0.1, -0.05) is 86.6 Å². The second kappa shape index (κ2) is 20.4. The maximum atomic E-state index is 13.5. The molecule has 12 nitrogen and oxygen atoms in total. The largest absolute Gasteiger partial charge is 0.508 e. The van der Waals surface area contributed by atoms with Gasteiger partial charge in [0.05, 0.1) is 12.6 Å². The molecule has 0 saturated heterocycles. The fourth-order valence-corrected chi connectivity index (χ4v) is 4.78. The zero-order valence-electron chi connectivity index (χ0n) is 27.9. The fraction of sp³-hybridized carbons (Fsp3) is 0.361. The highest BCUT2D eigenvalue weighted by molar-refractivity contribution is 5.94. The summed E-state index contributed by atoms with van der Waals surface area (Å²) in [6.07, 6.45) is 0.644. The van der Waals surface area contributed by atoms with E-state index in [-0.39, 0.29) is 43.5 Å². The predicted molar refractivity (Wildman–Crippen MR) is 187 cm³/mol. The van der Waals surface area contributed by atoms with Crippen LogP contribution in [0.2, 0.25) is 0 Å². The third kappa shape index (κ3) is 14.4. The topological polar surface area (TPSA) is 189 Å². The number of aromatic hydroxyl groups is 1. The van der Waals surface area contributed by atoms with E-state index in [1.165, 1.54) is 19.1 Å². The smallest absolute Gasteiger partial charge is 0.328 e. The van der Waals surface area contributed by atoms with Gasteiger partial charge in [-0.25, -0.2) is 4.79 Å². The molecule has 0 fully saturated rings. The van der Waals surface area contributed by atoms with Crippen molar-refractivity contribution in [1.29, 1.82) is 0 Å². The van der Waals surface area contributed by atoms with E-state index in [2.05, 4.69) is 21.3 Å². The quantitative estimate of drug-likeness (QED) is 0.116. The van der Waals surface area contributed by atoms with E-state index in [0.717, 1.165) is 16.7 Å². The van der Waals surface area contributed by atoms with Crippen molar-refractivity contribution in [3.05, 3.63) is 102 Å². The molecule has 0 aliphatic rings. The first-order valence-corrected chi connectivity index (χ1v) is 15.9. The SMILES string of the molecule is CC(C)CC(NC(=O)C(Cc1ccccc1)NC(=O)CNC(=O)C(C)NC(=O)C(N)Cc1ccc(O)cc1)C(=O)OCc1ccccc1.Cl. The molecule has 0 aliphatic carbocycles. The molecule has 13 heteroatoms. The van der Waals surface area contributed by atoms with Crippen LogP contribution >= 0.6 is 12.4 Å². The Bertz CT molecular complexity index is 1510. The zero-order chi connectivity index (χ0) is 35.1. The molecule has 0 bridgehead atoms. The van der Waals surface area contributed by atoms with Gasteiger partial charge in [-0.3, -0.25) is 19.2 Å². The lowest BCUT2D eigenvalue weighted by molar-refractivity contribution is -0.149. The normalized spacial score (nSPS) is 13.1. The summed E-state index contributed by atoms with van der Waals surface area (Å²) in [4.78, 5) is 64.8. The van der Waals surface area contributed by atoms with Crippen LogP contribution in [0.3, 0.4) is 0 Å². The van der Waals surface area contributed by atoms with Gasteiger partial charge in [0.15, 0.2) is 0 Å². The van der Waals surface area contributed by atoms with Crippen molar-refractivity contribution in [3.63, 3.8) is 0 Å². The van der Waals surface area contributed by atoms with Crippen molar-refractivity contribution < 1.29 is 33.8 Å². The van der Waals surface area contributed by atoms with Gasteiger partial charge in [-0.05, 0) is 54.5 Å². The molecule has 0 heterocycles. The Morgan fingerprint density at radius 1 is 0.694 bits per heavy atom.